The first kappa shape index (κ1) is 16.1. The van der Waals surface area contributed by atoms with Crippen LogP contribution in [0.25, 0.3) is 6.08 Å². The van der Waals surface area contributed by atoms with E-state index >= 15 is 0 Å². The molecule has 0 radical (unpaired) electrons. The molecule has 0 aromatic heterocycles. The topological polar surface area (TPSA) is 72.9 Å². The monoisotopic (exact) mass is 321 g/mol. The number of amides is 2. The maximum Gasteiger partial charge on any atom is 0.326 e. The highest BCUT2D eigenvalue weighted by Crippen LogP contribution is 2.32. The van der Waals surface area contributed by atoms with Crippen molar-refractivity contribution in [1.82, 2.24) is 4.90 Å². The van der Waals surface area contributed by atoms with Crippen LogP contribution in [0.15, 0.2) is 29.2 Å². The molecule has 1 fully saturated rings. The molecule has 6 nitrogen and oxygen atoms in total. The number of ether oxygens (including phenoxy) is 2. The number of carbonyl (C=O) groups excluding carboxylic acids is 3. The zero-order valence-corrected chi connectivity index (χ0v) is 13.0. The Hall–Kier alpha value is -2.28. The van der Waals surface area contributed by atoms with Gasteiger partial charge in [0.15, 0.2) is 0 Å². The van der Waals surface area contributed by atoms with Gasteiger partial charge in [-0.1, -0.05) is 12.1 Å². The van der Waals surface area contributed by atoms with Crippen LogP contribution in [0.3, 0.4) is 0 Å². The number of hydrogen-bond acceptors (Lipinski definition) is 6. The molecule has 1 heterocycles. The highest BCUT2D eigenvalue weighted by Gasteiger charge is 2.36. The van der Waals surface area contributed by atoms with Crippen molar-refractivity contribution in [1.29, 1.82) is 0 Å². The maximum absolute atomic E-state index is 12.2. The molecule has 116 valence electrons. The second-order valence-electron chi connectivity index (χ2n) is 4.35. The molecule has 1 aromatic rings. The number of esters is 1. The third-order valence-corrected chi connectivity index (χ3v) is 3.77. The van der Waals surface area contributed by atoms with Gasteiger partial charge in [0.05, 0.1) is 18.6 Å². The molecule has 0 aliphatic carbocycles. The van der Waals surface area contributed by atoms with Crippen LogP contribution in [0.1, 0.15) is 12.5 Å². The van der Waals surface area contributed by atoms with E-state index in [1.54, 1.807) is 44.4 Å². The Kier molecular flexibility index (Phi) is 5.21. The van der Waals surface area contributed by atoms with Crippen molar-refractivity contribution in [3.8, 4) is 5.75 Å². The minimum atomic E-state index is -0.604. The van der Waals surface area contributed by atoms with Gasteiger partial charge in [0.2, 0.25) is 0 Å². The molecule has 0 bridgehead atoms. The Morgan fingerprint density at radius 2 is 2.14 bits per heavy atom. The van der Waals surface area contributed by atoms with Gasteiger partial charge < -0.3 is 9.47 Å². The van der Waals surface area contributed by atoms with Gasteiger partial charge in [0, 0.05) is 0 Å². The van der Waals surface area contributed by atoms with E-state index in [0.717, 1.165) is 22.2 Å². The number of methoxy groups -OCH3 is 1. The van der Waals surface area contributed by atoms with Crippen molar-refractivity contribution in [2.24, 2.45) is 0 Å². The van der Waals surface area contributed by atoms with Gasteiger partial charge in [-0.25, -0.2) is 0 Å². The van der Waals surface area contributed by atoms with E-state index in [2.05, 4.69) is 0 Å². The minimum absolute atomic E-state index is 0.203. The van der Waals surface area contributed by atoms with Crippen LogP contribution in [0.5, 0.6) is 5.75 Å². The molecule has 0 spiro atoms. The molecule has 2 amide bonds. The Balaban J connectivity index is 2.16. The smallest absolute Gasteiger partial charge is 0.326 e. The minimum Gasteiger partial charge on any atom is -0.497 e. The number of imide groups is 1. The largest absolute Gasteiger partial charge is 0.497 e. The molecule has 0 unspecified atom stereocenters. The van der Waals surface area contributed by atoms with E-state index in [4.69, 9.17) is 9.47 Å². The van der Waals surface area contributed by atoms with Gasteiger partial charge in [0.1, 0.15) is 12.3 Å². The predicted octanol–water partition coefficient (Wildman–Crippen LogP) is 2.29. The van der Waals surface area contributed by atoms with Crippen LogP contribution >= 0.6 is 11.8 Å². The molecular formula is C15H15NO5S. The number of thioether (sulfide) groups is 1. The summed E-state index contributed by atoms with van der Waals surface area (Å²) in [7, 11) is 1.55. The molecule has 0 N–H and O–H groups in total. The van der Waals surface area contributed by atoms with Crippen LogP contribution in [0, 0.1) is 0 Å². The van der Waals surface area contributed by atoms with Gasteiger partial charge in [-0.05, 0) is 42.5 Å². The zero-order valence-electron chi connectivity index (χ0n) is 12.2. The quantitative estimate of drug-likeness (QED) is 0.612. The summed E-state index contributed by atoms with van der Waals surface area (Å²) >= 11 is 0.800. The summed E-state index contributed by atoms with van der Waals surface area (Å²) in [5, 5.41) is -0.479. The summed E-state index contributed by atoms with van der Waals surface area (Å²) in [5.74, 6) is -0.446. The summed E-state index contributed by atoms with van der Waals surface area (Å²) in [6.45, 7) is 1.50. The lowest BCUT2D eigenvalue weighted by molar-refractivity contribution is -0.145. The predicted molar refractivity (Wildman–Crippen MR) is 82.3 cm³/mol. The van der Waals surface area contributed by atoms with Crippen LogP contribution in [0.2, 0.25) is 0 Å². The first-order chi connectivity index (χ1) is 10.5. The third kappa shape index (κ3) is 3.67. The Bertz CT molecular complexity index is 641. The third-order valence-electron chi connectivity index (χ3n) is 2.86. The standard InChI is InChI=1S/C15H15NO5S/c1-3-21-13(17)9-16-14(18)12(22-15(16)19)8-10-5-4-6-11(7-10)20-2/h4-8H,3,9H2,1-2H3/b12-8+. The van der Waals surface area contributed by atoms with E-state index in [0.29, 0.717) is 5.75 Å². The van der Waals surface area contributed by atoms with Gasteiger partial charge in [-0.15, -0.1) is 0 Å². The van der Waals surface area contributed by atoms with E-state index in [9.17, 15) is 14.4 Å². The Morgan fingerprint density at radius 3 is 2.82 bits per heavy atom. The van der Waals surface area contributed by atoms with Crippen molar-refractivity contribution in [3.05, 3.63) is 34.7 Å². The molecule has 0 atom stereocenters. The Labute approximate surface area is 132 Å². The second-order valence-corrected chi connectivity index (χ2v) is 5.34. The molecule has 1 aromatic carbocycles. The summed E-state index contributed by atoms with van der Waals surface area (Å²) in [6.07, 6.45) is 1.60. The van der Waals surface area contributed by atoms with Gasteiger partial charge in [0.25, 0.3) is 11.1 Å². The van der Waals surface area contributed by atoms with Crippen LogP contribution < -0.4 is 4.74 Å². The van der Waals surface area contributed by atoms with Crippen molar-refractivity contribution >= 4 is 35.0 Å². The lowest BCUT2D eigenvalue weighted by Gasteiger charge is -2.10. The lowest BCUT2D eigenvalue weighted by atomic mass is 10.2. The van der Waals surface area contributed by atoms with Gasteiger partial charge in [-0.3, -0.25) is 19.3 Å². The average Bonchev–Trinajstić information content (AvgIpc) is 2.75. The van der Waals surface area contributed by atoms with Crippen molar-refractivity contribution in [2.75, 3.05) is 20.3 Å². The van der Waals surface area contributed by atoms with E-state index in [1.165, 1.54) is 0 Å². The van der Waals surface area contributed by atoms with Crippen molar-refractivity contribution in [3.63, 3.8) is 0 Å². The van der Waals surface area contributed by atoms with Gasteiger partial charge >= 0.3 is 5.97 Å². The molecule has 7 heteroatoms. The molecule has 1 saturated heterocycles. The van der Waals surface area contributed by atoms with Crippen LogP contribution in [-0.4, -0.2) is 42.3 Å². The highest BCUT2D eigenvalue weighted by atomic mass is 32.2. The average molecular weight is 321 g/mol. The van der Waals surface area contributed by atoms with E-state index in [-0.39, 0.29) is 18.1 Å². The first-order valence-corrected chi connectivity index (χ1v) is 7.42. The molecule has 22 heavy (non-hydrogen) atoms. The number of benzene rings is 1. The molecule has 1 aliphatic rings. The fourth-order valence-corrected chi connectivity index (χ4v) is 2.69. The fraction of sp³-hybridized carbons (Fsp3) is 0.267. The highest BCUT2D eigenvalue weighted by molar-refractivity contribution is 8.18. The van der Waals surface area contributed by atoms with Crippen LogP contribution in [0.4, 0.5) is 4.79 Å². The lowest BCUT2D eigenvalue weighted by Crippen LogP contribution is -2.34. The van der Waals surface area contributed by atoms with Crippen molar-refractivity contribution < 1.29 is 23.9 Å². The zero-order chi connectivity index (χ0) is 16.1. The van der Waals surface area contributed by atoms with E-state index in [1.807, 2.05) is 0 Å². The number of rotatable bonds is 5. The summed E-state index contributed by atoms with van der Waals surface area (Å²) in [5.41, 5.74) is 0.737. The number of hydrogen-bond donors (Lipinski definition) is 0. The summed E-state index contributed by atoms with van der Waals surface area (Å²) in [6, 6.07) is 7.11. The summed E-state index contributed by atoms with van der Waals surface area (Å²) in [4.78, 5) is 36.6. The SMILES string of the molecule is CCOC(=O)CN1C(=O)S/C(=C/c2cccc(OC)c2)C1=O. The maximum atomic E-state index is 12.2. The number of carbonyl (C=O) groups is 3. The molecule has 2 rings (SSSR count). The number of nitrogens with zero attached hydrogens (tertiary/aromatic N) is 1. The molecular weight excluding hydrogens is 306 g/mol. The second kappa shape index (κ2) is 7.13. The van der Waals surface area contributed by atoms with E-state index < -0.39 is 17.1 Å². The first-order valence-electron chi connectivity index (χ1n) is 6.60. The normalized spacial score (nSPS) is 16.3. The fourth-order valence-electron chi connectivity index (χ4n) is 1.85. The molecule has 1 aliphatic heterocycles. The van der Waals surface area contributed by atoms with Crippen LogP contribution in [-0.2, 0) is 14.3 Å². The van der Waals surface area contributed by atoms with Gasteiger partial charge in [-0.2, -0.15) is 0 Å². The molecule has 0 saturated carbocycles. The Morgan fingerprint density at radius 1 is 1.36 bits per heavy atom. The summed E-state index contributed by atoms with van der Waals surface area (Å²) < 4.78 is 9.86. The van der Waals surface area contributed by atoms with Crippen molar-refractivity contribution in [2.45, 2.75) is 6.92 Å².